The van der Waals surface area contributed by atoms with Gasteiger partial charge in [-0.05, 0) is 25.0 Å². The maximum atomic E-state index is 12.0. The normalized spacial score (nSPS) is 18.4. The Hall–Kier alpha value is -2.17. The van der Waals surface area contributed by atoms with Crippen LogP contribution < -0.4 is 0 Å². The summed E-state index contributed by atoms with van der Waals surface area (Å²) in [5.74, 6) is -0.317. The molecule has 0 radical (unpaired) electrons. The number of esters is 1. The maximum absolute atomic E-state index is 12.0. The standard InChI is InChI=1S/C17H22N2O3/c1-5-12-13(16(21)22-6-2)9-18-14(12)7-15-17(3,4)8-11(10-20)19-15/h7,9-10,18H,5-6,8H2,1-4H3/b15-7-. The third-order valence-electron chi connectivity index (χ3n) is 3.87. The van der Waals surface area contributed by atoms with Crippen molar-refractivity contribution < 1.29 is 14.3 Å². The first-order chi connectivity index (χ1) is 10.4. The SMILES string of the molecule is CCOC(=O)c1c[nH]c(/C=C2\N=C(C=O)CC2(C)C)c1CC. The van der Waals surface area contributed by atoms with E-state index in [-0.39, 0.29) is 11.4 Å². The summed E-state index contributed by atoms with van der Waals surface area (Å²) in [6.07, 6.45) is 5.76. The van der Waals surface area contributed by atoms with Crippen LogP contribution in [0.25, 0.3) is 6.08 Å². The number of rotatable bonds is 5. The zero-order chi connectivity index (χ0) is 16.3. The largest absolute Gasteiger partial charge is 0.462 e. The van der Waals surface area contributed by atoms with E-state index in [4.69, 9.17) is 4.74 Å². The zero-order valence-electron chi connectivity index (χ0n) is 13.5. The van der Waals surface area contributed by atoms with Crippen LogP contribution in [0.1, 0.15) is 55.7 Å². The van der Waals surface area contributed by atoms with E-state index in [0.29, 0.717) is 30.7 Å². The van der Waals surface area contributed by atoms with Crippen LogP contribution in [0.2, 0.25) is 0 Å². The van der Waals surface area contributed by atoms with Crippen LogP contribution in [0.5, 0.6) is 0 Å². The lowest BCUT2D eigenvalue weighted by atomic mass is 9.86. The smallest absolute Gasteiger partial charge is 0.339 e. The summed E-state index contributed by atoms with van der Waals surface area (Å²) in [7, 11) is 0. The van der Waals surface area contributed by atoms with Crippen molar-refractivity contribution in [1.29, 1.82) is 0 Å². The molecule has 0 bridgehead atoms. The van der Waals surface area contributed by atoms with Crippen molar-refractivity contribution >= 4 is 24.0 Å². The fourth-order valence-electron chi connectivity index (χ4n) is 2.69. The van der Waals surface area contributed by atoms with E-state index < -0.39 is 0 Å². The number of aromatic nitrogens is 1. The number of aldehydes is 1. The molecule has 5 nitrogen and oxygen atoms in total. The molecule has 1 N–H and O–H groups in total. The van der Waals surface area contributed by atoms with Crippen molar-refractivity contribution in [3.05, 3.63) is 28.7 Å². The first kappa shape index (κ1) is 16.2. The van der Waals surface area contributed by atoms with Gasteiger partial charge in [0.25, 0.3) is 0 Å². The molecule has 0 aromatic carbocycles. The molecule has 1 aromatic heterocycles. The number of aliphatic imine (C=N–C) groups is 1. The van der Waals surface area contributed by atoms with Gasteiger partial charge in [0, 0.05) is 29.4 Å². The Balaban J connectivity index is 2.42. The first-order valence-corrected chi connectivity index (χ1v) is 7.55. The molecule has 22 heavy (non-hydrogen) atoms. The average Bonchev–Trinajstić information content (AvgIpc) is 3.00. The molecule has 0 aliphatic carbocycles. The lowest BCUT2D eigenvalue weighted by Gasteiger charge is -2.17. The minimum atomic E-state index is -0.317. The number of carbonyl (C=O) groups excluding carboxylic acids is 2. The van der Waals surface area contributed by atoms with Gasteiger partial charge in [-0.25, -0.2) is 4.79 Å². The summed E-state index contributed by atoms with van der Waals surface area (Å²) in [6, 6.07) is 0. The lowest BCUT2D eigenvalue weighted by Crippen LogP contribution is -2.11. The van der Waals surface area contributed by atoms with E-state index >= 15 is 0 Å². The van der Waals surface area contributed by atoms with Gasteiger partial charge in [0.05, 0.1) is 17.9 Å². The Morgan fingerprint density at radius 2 is 2.18 bits per heavy atom. The molecule has 0 atom stereocenters. The molecule has 0 saturated carbocycles. The van der Waals surface area contributed by atoms with Gasteiger partial charge in [-0.3, -0.25) is 9.79 Å². The van der Waals surface area contributed by atoms with Gasteiger partial charge in [0.15, 0.2) is 6.29 Å². The second-order valence-electron chi connectivity index (χ2n) is 5.98. The average molecular weight is 302 g/mol. The zero-order valence-corrected chi connectivity index (χ0v) is 13.5. The fourth-order valence-corrected chi connectivity index (χ4v) is 2.69. The number of aromatic amines is 1. The quantitative estimate of drug-likeness (QED) is 0.671. The third-order valence-corrected chi connectivity index (χ3v) is 3.87. The molecule has 118 valence electrons. The molecule has 0 saturated heterocycles. The molecule has 2 heterocycles. The number of hydrogen-bond donors (Lipinski definition) is 1. The number of nitrogens with one attached hydrogen (secondary N) is 1. The second-order valence-corrected chi connectivity index (χ2v) is 5.98. The van der Waals surface area contributed by atoms with Crippen LogP contribution in [0.4, 0.5) is 0 Å². The van der Waals surface area contributed by atoms with Crippen molar-refractivity contribution in [2.75, 3.05) is 6.61 Å². The van der Waals surface area contributed by atoms with Crippen molar-refractivity contribution in [2.45, 2.75) is 40.5 Å². The first-order valence-electron chi connectivity index (χ1n) is 7.55. The Kier molecular flexibility index (Phi) is 4.64. The number of nitrogens with zero attached hydrogens (tertiary/aromatic N) is 1. The summed E-state index contributed by atoms with van der Waals surface area (Å²) < 4.78 is 5.08. The van der Waals surface area contributed by atoms with Crippen molar-refractivity contribution in [2.24, 2.45) is 10.4 Å². The van der Waals surface area contributed by atoms with Crippen molar-refractivity contribution in [3.63, 3.8) is 0 Å². The summed E-state index contributed by atoms with van der Waals surface area (Å²) in [5.41, 5.74) is 3.55. The van der Waals surface area contributed by atoms with Crippen LogP contribution in [0.15, 0.2) is 16.9 Å². The van der Waals surface area contributed by atoms with E-state index in [1.807, 2.05) is 13.0 Å². The highest BCUT2D eigenvalue weighted by Gasteiger charge is 2.31. The van der Waals surface area contributed by atoms with Gasteiger partial charge in [-0.1, -0.05) is 20.8 Å². The topological polar surface area (TPSA) is 71.5 Å². The number of allylic oxidation sites excluding steroid dienone is 1. The van der Waals surface area contributed by atoms with Gasteiger partial charge < -0.3 is 9.72 Å². The van der Waals surface area contributed by atoms with E-state index in [0.717, 1.165) is 23.2 Å². The van der Waals surface area contributed by atoms with E-state index in [1.165, 1.54) is 0 Å². The molecule has 0 unspecified atom stereocenters. The van der Waals surface area contributed by atoms with E-state index in [2.05, 4.69) is 23.8 Å². The minimum absolute atomic E-state index is 0.184. The molecular weight excluding hydrogens is 280 g/mol. The summed E-state index contributed by atoms with van der Waals surface area (Å²) in [6.45, 7) is 8.24. The molecule has 0 amide bonds. The number of carbonyl (C=O) groups is 2. The van der Waals surface area contributed by atoms with Crippen LogP contribution in [-0.4, -0.2) is 29.6 Å². The molecule has 0 fully saturated rings. The van der Waals surface area contributed by atoms with Gasteiger partial charge in [-0.15, -0.1) is 0 Å². The molecule has 1 aliphatic rings. The van der Waals surface area contributed by atoms with E-state index in [9.17, 15) is 9.59 Å². The summed E-state index contributed by atoms with van der Waals surface area (Å²) in [5, 5.41) is 0. The van der Waals surface area contributed by atoms with Gasteiger partial charge in [-0.2, -0.15) is 0 Å². The summed E-state index contributed by atoms with van der Waals surface area (Å²) in [4.78, 5) is 30.4. The fraction of sp³-hybridized carbons (Fsp3) is 0.471. The Labute approximate surface area is 130 Å². The molecule has 5 heteroatoms. The third kappa shape index (κ3) is 3.03. The number of hydrogen-bond acceptors (Lipinski definition) is 4. The van der Waals surface area contributed by atoms with Gasteiger partial charge in [0.1, 0.15) is 0 Å². The Morgan fingerprint density at radius 3 is 2.73 bits per heavy atom. The highest BCUT2D eigenvalue weighted by molar-refractivity contribution is 6.29. The molecule has 0 spiro atoms. The van der Waals surface area contributed by atoms with Crippen LogP contribution >= 0.6 is 0 Å². The number of ether oxygens (including phenoxy) is 1. The van der Waals surface area contributed by atoms with Crippen molar-refractivity contribution in [1.82, 2.24) is 4.98 Å². The highest BCUT2D eigenvalue weighted by Crippen LogP contribution is 2.38. The van der Waals surface area contributed by atoms with Gasteiger partial charge >= 0.3 is 5.97 Å². The van der Waals surface area contributed by atoms with E-state index in [1.54, 1.807) is 13.1 Å². The lowest BCUT2D eigenvalue weighted by molar-refractivity contribution is -0.102. The molecular formula is C17H22N2O3. The van der Waals surface area contributed by atoms with Gasteiger partial charge in [0.2, 0.25) is 0 Å². The monoisotopic (exact) mass is 302 g/mol. The van der Waals surface area contributed by atoms with Crippen molar-refractivity contribution in [3.8, 4) is 0 Å². The molecule has 2 rings (SSSR count). The maximum Gasteiger partial charge on any atom is 0.339 e. The summed E-state index contributed by atoms with van der Waals surface area (Å²) >= 11 is 0. The highest BCUT2D eigenvalue weighted by atomic mass is 16.5. The molecule has 1 aliphatic heterocycles. The predicted molar refractivity (Wildman–Crippen MR) is 86.0 cm³/mol. The van der Waals surface area contributed by atoms with Crippen LogP contribution in [0.3, 0.4) is 0 Å². The minimum Gasteiger partial charge on any atom is -0.462 e. The number of H-pyrrole nitrogens is 1. The Bertz CT molecular complexity index is 651. The second kappa shape index (κ2) is 6.30. The molecule has 1 aromatic rings. The Morgan fingerprint density at radius 1 is 1.45 bits per heavy atom. The van der Waals surface area contributed by atoms with Crippen LogP contribution in [-0.2, 0) is 16.0 Å². The van der Waals surface area contributed by atoms with Crippen LogP contribution in [0, 0.1) is 5.41 Å². The predicted octanol–water partition coefficient (Wildman–Crippen LogP) is 3.16.